The summed E-state index contributed by atoms with van der Waals surface area (Å²) in [5.41, 5.74) is 12.0. The molecule has 8 rings (SSSR count). The van der Waals surface area contributed by atoms with Crippen LogP contribution in [0.4, 0.5) is 5.82 Å². The van der Waals surface area contributed by atoms with E-state index in [1.165, 1.54) is 0 Å². The first kappa shape index (κ1) is 57.2. The molecular weight excluding hydrogens is 1010 g/mol. The quantitative estimate of drug-likeness (QED) is 0.0394. The smallest absolute Gasteiger partial charge is 0.246 e. The Hall–Kier alpha value is -5.95. The molecule has 3 fully saturated rings. The summed E-state index contributed by atoms with van der Waals surface area (Å²) in [7, 11) is 0. The number of aryl methyl sites for hydroxylation is 1. The van der Waals surface area contributed by atoms with Gasteiger partial charge >= 0.3 is 0 Å². The van der Waals surface area contributed by atoms with Crippen molar-refractivity contribution in [3.8, 4) is 10.4 Å². The first-order chi connectivity index (χ1) is 37.1. The van der Waals surface area contributed by atoms with Crippen LogP contribution < -0.4 is 26.6 Å². The van der Waals surface area contributed by atoms with Gasteiger partial charge in [0.1, 0.15) is 29.9 Å². The van der Waals surface area contributed by atoms with E-state index >= 15 is 0 Å². The van der Waals surface area contributed by atoms with Gasteiger partial charge in [0.25, 0.3) is 0 Å². The van der Waals surface area contributed by atoms with E-state index in [0.29, 0.717) is 82.8 Å². The molecule has 5 aromatic rings. The normalized spacial score (nSPS) is 17.8. The van der Waals surface area contributed by atoms with Crippen LogP contribution in [0.15, 0.2) is 72.6 Å². The summed E-state index contributed by atoms with van der Waals surface area (Å²) in [4.78, 5) is 93.6. The Bertz CT molecular complexity index is 2760. The van der Waals surface area contributed by atoms with Crippen LogP contribution in [-0.4, -0.2) is 134 Å². The van der Waals surface area contributed by atoms with Gasteiger partial charge in [0.05, 0.1) is 33.0 Å². The lowest BCUT2D eigenvalue weighted by molar-refractivity contribution is -0.143. The Kier molecular flexibility index (Phi) is 19.8. The molecule has 0 aliphatic carbocycles. The zero-order valence-electron chi connectivity index (χ0n) is 45.5. The van der Waals surface area contributed by atoms with Crippen molar-refractivity contribution in [2.75, 3.05) is 57.3 Å². The van der Waals surface area contributed by atoms with Gasteiger partial charge in [0, 0.05) is 83.0 Å². The number of thiazole rings is 1. The van der Waals surface area contributed by atoms with Gasteiger partial charge in [0.2, 0.25) is 29.5 Å². The molecule has 0 bridgehead atoms. The van der Waals surface area contributed by atoms with Crippen LogP contribution in [0, 0.1) is 12.3 Å². The van der Waals surface area contributed by atoms with Crippen LogP contribution in [0.5, 0.6) is 0 Å². The SMILES string of the molecule is Cc1ncsc1-c1ccc(CNC(=O)[C@H]2CCCN2C(=O)[C@@H](NC(=O)CCCCCCCCCC(=O)N2CCN(CC[C@H](NC(=O)C3(N)CCN(c4ncnc5[nH]ccc45)CC3)c3ccc(Cl)cc3)CC2)C(C)(C)C)cc1. The molecular formula is C58H79ClN12O5S. The van der Waals surface area contributed by atoms with Crippen molar-refractivity contribution in [3.05, 3.63) is 94.5 Å². The first-order valence-corrected chi connectivity index (χ1v) is 29.1. The number of aromatic amines is 1. The van der Waals surface area contributed by atoms with Gasteiger partial charge in [-0.3, -0.25) is 28.9 Å². The number of nitrogens with one attached hydrogen (secondary N) is 4. The van der Waals surface area contributed by atoms with Gasteiger partial charge < -0.3 is 41.4 Å². The number of halogens is 1. The highest BCUT2D eigenvalue weighted by Crippen LogP contribution is 2.31. The molecule has 0 radical (unpaired) electrons. The van der Waals surface area contributed by atoms with Crippen molar-refractivity contribution in [1.29, 1.82) is 0 Å². The zero-order chi connectivity index (χ0) is 54.5. The molecule has 3 aliphatic rings. The van der Waals surface area contributed by atoms with Gasteiger partial charge in [-0.05, 0) is 92.2 Å². The van der Waals surface area contributed by atoms with Crippen LogP contribution in [-0.2, 0) is 30.5 Å². The maximum Gasteiger partial charge on any atom is 0.246 e. The maximum absolute atomic E-state index is 14.0. The Balaban J connectivity index is 0.684. The lowest BCUT2D eigenvalue weighted by Crippen LogP contribution is -2.60. The van der Waals surface area contributed by atoms with E-state index in [1.54, 1.807) is 22.6 Å². The fourth-order valence-corrected chi connectivity index (χ4v) is 11.9. The number of hydrogen-bond acceptors (Lipinski definition) is 12. The Labute approximate surface area is 462 Å². The van der Waals surface area contributed by atoms with Crippen LogP contribution in [0.1, 0.15) is 134 Å². The van der Waals surface area contributed by atoms with E-state index in [1.807, 2.05) is 98.9 Å². The van der Waals surface area contributed by atoms with Crippen molar-refractivity contribution < 1.29 is 24.0 Å². The number of rotatable bonds is 23. The van der Waals surface area contributed by atoms with Crippen molar-refractivity contribution in [1.82, 2.24) is 50.6 Å². The summed E-state index contributed by atoms with van der Waals surface area (Å²) in [6.45, 7) is 13.6. The number of piperidine rings is 1. The summed E-state index contributed by atoms with van der Waals surface area (Å²) in [5.74, 6) is 0.363. The molecule has 6 heterocycles. The van der Waals surface area contributed by atoms with Crippen LogP contribution in [0.2, 0.25) is 5.02 Å². The average molecular weight is 1090 g/mol. The van der Waals surface area contributed by atoms with Crippen molar-refractivity contribution >= 4 is 69.3 Å². The van der Waals surface area contributed by atoms with Crippen molar-refractivity contribution in [2.24, 2.45) is 11.1 Å². The Morgan fingerprint density at radius 3 is 2.19 bits per heavy atom. The van der Waals surface area contributed by atoms with Crippen molar-refractivity contribution in [2.45, 2.75) is 148 Å². The summed E-state index contributed by atoms with van der Waals surface area (Å²) in [6.07, 6.45) is 13.8. The highest BCUT2D eigenvalue weighted by Gasteiger charge is 2.42. The van der Waals surface area contributed by atoms with Crippen LogP contribution in [0.3, 0.4) is 0 Å². The number of aromatic nitrogens is 4. The molecule has 0 spiro atoms. The topological polar surface area (TPSA) is 215 Å². The van der Waals surface area contributed by atoms with Gasteiger partial charge in [-0.2, -0.15) is 0 Å². The number of amides is 5. The number of nitrogens with two attached hydrogens (primary N) is 1. The predicted molar refractivity (Wildman–Crippen MR) is 304 cm³/mol. The third-order valence-corrected chi connectivity index (χ3v) is 17.0. The number of piperazine rings is 1. The fraction of sp³-hybridized carbons (Fsp3) is 0.552. The van der Waals surface area contributed by atoms with E-state index < -0.39 is 23.0 Å². The number of benzene rings is 2. The summed E-state index contributed by atoms with van der Waals surface area (Å²) in [5, 5.41) is 11.0. The summed E-state index contributed by atoms with van der Waals surface area (Å²) < 4.78 is 0. The molecule has 414 valence electrons. The predicted octanol–water partition coefficient (Wildman–Crippen LogP) is 8.08. The van der Waals surface area contributed by atoms with Crippen LogP contribution >= 0.6 is 22.9 Å². The number of anilines is 1. The van der Waals surface area contributed by atoms with Gasteiger partial charge in [-0.25, -0.2) is 15.0 Å². The summed E-state index contributed by atoms with van der Waals surface area (Å²) in [6, 6.07) is 16.1. The van der Waals surface area contributed by atoms with Gasteiger partial charge in [-0.1, -0.05) is 101 Å². The van der Waals surface area contributed by atoms with E-state index in [2.05, 4.69) is 45.7 Å². The number of likely N-dealkylation sites (tertiary alicyclic amines) is 1. The lowest BCUT2D eigenvalue weighted by Gasteiger charge is -2.39. The number of hydrogen-bond donors (Lipinski definition) is 5. The largest absolute Gasteiger partial charge is 0.356 e. The Morgan fingerprint density at radius 2 is 1.52 bits per heavy atom. The van der Waals surface area contributed by atoms with E-state index in [0.717, 1.165) is 115 Å². The van der Waals surface area contributed by atoms with Crippen molar-refractivity contribution in [3.63, 3.8) is 0 Å². The van der Waals surface area contributed by atoms with Gasteiger partial charge in [0.15, 0.2) is 0 Å². The molecule has 3 aliphatic heterocycles. The standard InChI is InChI=1S/C58H79ClN12O5S/c1-40-50(77-39-65-40)43-18-16-41(17-19-43)37-62-54(74)47-13-12-29-71(47)55(75)51(57(2,3)4)67-48(72)14-10-8-6-5-7-9-11-15-49(73)69-35-33-68(34-36-69)30-25-46(42-20-22-44(59)23-21-42)66-56(76)58(60)26-31-70(32-27-58)53-45-24-28-61-52(45)63-38-64-53/h16-24,28,38-39,46-47,51H,5-15,25-27,29-37,60H2,1-4H3,(H,62,74)(H,66,76)(H,67,72)(H,61,63,64)/t46-,47+,51+/m0/s1. The zero-order valence-corrected chi connectivity index (χ0v) is 47.0. The third-order valence-electron chi connectivity index (χ3n) is 15.8. The van der Waals surface area contributed by atoms with E-state index in [9.17, 15) is 24.0 Å². The molecule has 17 nitrogen and oxygen atoms in total. The van der Waals surface area contributed by atoms with E-state index in [4.69, 9.17) is 17.3 Å². The molecule has 19 heteroatoms. The number of H-pyrrole nitrogens is 1. The second kappa shape index (κ2) is 26.6. The molecule has 6 N–H and O–H groups in total. The fourth-order valence-electron chi connectivity index (χ4n) is 10.9. The molecule has 0 saturated carbocycles. The minimum atomic E-state index is -1.01. The number of carbonyl (C=O) groups excluding carboxylic acids is 5. The molecule has 5 amide bonds. The summed E-state index contributed by atoms with van der Waals surface area (Å²) >= 11 is 7.87. The third kappa shape index (κ3) is 15.2. The molecule has 77 heavy (non-hydrogen) atoms. The molecule has 2 aromatic carbocycles. The van der Waals surface area contributed by atoms with Gasteiger partial charge in [-0.15, -0.1) is 11.3 Å². The second-order valence-corrected chi connectivity index (χ2v) is 23.7. The highest BCUT2D eigenvalue weighted by atomic mass is 35.5. The first-order valence-electron chi connectivity index (χ1n) is 27.8. The molecule has 3 saturated heterocycles. The number of nitrogens with zero attached hydrogens (tertiary/aromatic N) is 7. The average Bonchev–Trinajstić information content (AvgIpc) is 4.25. The minimum absolute atomic E-state index is 0.146. The highest BCUT2D eigenvalue weighted by molar-refractivity contribution is 7.13. The monoisotopic (exact) mass is 1090 g/mol. The van der Waals surface area contributed by atoms with E-state index in [-0.39, 0.29) is 35.6 Å². The van der Waals surface area contributed by atoms with Crippen LogP contribution in [0.25, 0.3) is 21.5 Å². The molecule has 0 unspecified atom stereocenters. The maximum atomic E-state index is 14.0. The Morgan fingerprint density at radius 1 is 0.831 bits per heavy atom. The number of unbranched alkanes of at least 4 members (excludes halogenated alkanes) is 6. The number of carbonyl (C=O) groups is 5. The molecule has 3 aromatic heterocycles. The second-order valence-electron chi connectivity index (χ2n) is 22.4. The molecule has 3 atom stereocenters. The minimum Gasteiger partial charge on any atom is -0.356 e. The lowest BCUT2D eigenvalue weighted by atomic mass is 9.85. The number of fused-ring (bicyclic) bond motifs is 1.